The number of esters is 1. The lowest BCUT2D eigenvalue weighted by Crippen LogP contribution is -2.48. The molecule has 0 spiro atoms. The number of hydrogen-bond donors (Lipinski definition) is 1. The average molecular weight is 399 g/mol. The topological polar surface area (TPSA) is 88.8 Å². The van der Waals surface area contributed by atoms with Gasteiger partial charge in [0.05, 0.1) is 18.8 Å². The van der Waals surface area contributed by atoms with Crippen molar-refractivity contribution in [2.45, 2.75) is 32.9 Å². The Kier molecular flexibility index (Phi) is 4.99. The van der Waals surface area contributed by atoms with Gasteiger partial charge in [-0.1, -0.05) is 41.7 Å². The first-order chi connectivity index (χ1) is 13.6. The van der Waals surface area contributed by atoms with Crippen molar-refractivity contribution in [2.75, 3.05) is 13.2 Å². The molecule has 1 aromatic carbocycles. The number of benzene rings is 1. The Morgan fingerprint density at radius 1 is 1.32 bits per heavy atom. The Morgan fingerprint density at radius 2 is 2.11 bits per heavy atom. The Balaban J connectivity index is 1.48. The number of aromatic nitrogens is 3. The zero-order valence-corrected chi connectivity index (χ0v) is 16.5. The number of fused-ring (bicyclic) bond motifs is 3. The van der Waals surface area contributed by atoms with E-state index in [2.05, 4.69) is 15.4 Å². The lowest BCUT2D eigenvalue weighted by molar-refractivity contribution is -0.144. The van der Waals surface area contributed by atoms with Crippen molar-refractivity contribution in [1.29, 1.82) is 0 Å². The van der Waals surface area contributed by atoms with Gasteiger partial charge in [0, 0.05) is 23.4 Å². The highest BCUT2D eigenvalue weighted by Gasteiger charge is 2.28. The number of thiazole rings is 1. The maximum Gasteiger partial charge on any atom is 0.328 e. The van der Waals surface area contributed by atoms with Gasteiger partial charge in [-0.25, -0.2) is 14.1 Å². The van der Waals surface area contributed by atoms with E-state index in [0.717, 1.165) is 21.1 Å². The normalized spacial score (nSPS) is 14.6. The molecule has 3 aromatic rings. The van der Waals surface area contributed by atoms with Crippen molar-refractivity contribution in [1.82, 2.24) is 24.8 Å². The van der Waals surface area contributed by atoms with Gasteiger partial charge in [0.2, 0.25) is 4.96 Å². The van der Waals surface area contributed by atoms with Crippen LogP contribution in [0.15, 0.2) is 30.3 Å². The predicted molar refractivity (Wildman–Crippen MR) is 105 cm³/mol. The number of urea groups is 1. The molecule has 0 aliphatic carbocycles. The van der Waals surface area contributed by atoms with Crippen LogP contribution >= 0.6 is 11.3 Å². The number of hydrogen-bond acceptors (Lipinski definition) is 6. The first-order valence-electron chi connectivity index (χ1n) is 9.21. The van der Waals surface area contributed by atoms with Crippen molar-refractivity contribution < 1.29 is 14.3 Å². The van der Waals surface area contributed by atoms with E-state index < -0.39 is 12.0 Å². The maximum atomic E-state index is 12.5. The summed E-state index contributed by atoms with van der Waals surface area (Å²) in [6, 6.07) is 8.93. The third-order valence-corrected chi connectivity index (χ3v) is 5.68. The van der Waals surface area contributed by atoms with Crippen LogP contribution in [0.25, 0.3) is 16.3 Å². The molecule has 0 saturated heterocycles. The molecule has 2 amide bonds. The molecule has 1 atom stereocenters. The lowest BCUT2D eigenvalue weighted by Gasteiger charge is -2.27. The number of carbonyl (C=O) groups is 2. The van der Waals surface area contributed by atoms with Gasteiger partial charge in [0.15, 0.2) is 5.82 Å². The van der Waals surface area contributed by atoms with E-state index in [-0.39, 0.29) is 6.03 Å². The molecule has 1 aliphatic rings. The van der Waals surface area contributed by atoms with E-state index >= 15 is 0 Å². The zero-order valence-electron chi connectivity index (χ0n) is 15.7. The fourth-order valence-electron chi connectivity index (χ4n) is 3.17. The Hall–Kier alpha value is -2.94. The summed E-state index contributed by atoms with van der Waals surface area (Å²) in [6.45, 7) is 4.69. The van der Waals surface area contributed by atoms with E-state index in [1.54, 1.807) is 30.1 Å². The van der Waals surface area contributed by atoms with Crippen LogP contribution in [0.3, 0.4) is 0 Å². The quantitative estimate of drug-likeness (QED) is 0.681. The molecule has 0 fully saturated rings. The minimum absolute atomic E-state index is 0.268. The summed E-state index contributed by atoms with van der Waals surface area (Å²) < 4.78 is 6.82. The summed E-state index contributed by atoms with van der Waals surface area (Å²) >= 11 is 1.55. The van der Waals surface area contributed by atoms with Gasteiger partial charge in [-0.3, -0.25) is 0 Å². The van der Waals surface area contributed by atoms with Crippen LogP contribution in [0.5, 0.6) is 0 Å². The number of ether oxygens (including phenoxy) is 1. The molecule has 3 heterocycles. The Bertz CT molecular complexity index is 1010. The average Bonchev–Trinajstić information content (AvgIpc) is 3.26. The molecular formula is C19H21N5O3S. The van der Waals surface area contributed by atoms with Crippen molar-refractivity contribution in [3.63, 3.8) is 0 Å². The SMILES string of the molecule is CCOC(=O)[C@@H](C)NC(=O)N1CCc2c(sc3nc(-c4ccccc4)nn23)C1. The molecule has 1 N–H and O–H groups in total. The van der Waals surface area contributed by atoms with Gasteiger partial charge >= 0.3 is 12.0 Å². The highest BCUT2D eigenvalue weighted by atomic mass is 32.1. The maximum absolute atomic E-state index is 12.5. The number of rotatable bonds is 4. The molecule has 0 bridgehead atoms. The van der Waals surface area contributed by atoms with E-state index in [0.29, 0.717) is 31.9 Å². The first kappa shape index (κ1) is 18.4. The molecular weight excluding hydrogens is 378 g/mol. The molecule has 146 valence electrons. The van der Waals surface area contributed by atoms with Crippen molar-refractivity contribution in [2.24, 2.45) is 0 Å². The van der Waals surface area contributed by atoms with Gasteiger partial charge in [0.1, 0.15) is 6.04 Å². The van der Waals surface area contributed by atoms with Crippen LogP contribution in [-0.4, -0.2) is 50.7 Å². The molecule has 0 saturated carbocycles. The van der Waals surface area contributed by atoms with Crippen LogP contribution in [0, 0.1) is 0 Å². The summed E-state index contributed by atoms with van der Waals surface area (Å²) in [4.78, 5) is 32.4. The second kappa shape index (κ2) is 7.59. The molecule has 2 aromatic heterocycles. The minimum atomic E-state index is -0.676. The summed E-state index contributed by atoms with van der Waals surface area (Å²) in [5, 5.41) is 7.36. The number of carbonyl (C=O) groups excluding carboxylic acids is 2. The standard InChI is InChI=1S/C19H21N5O3S/c1-3-27-17(25)12(2)20-18(26)23-10-9-14-15(11-23)28-19-21-16(22-24(14)19)13-7-5-4-6-8-13/h4-8,12H,3,9-11H2,1-2H3,(H,20,26)/t12-/m1/s1. The molecule has 8 nitrogen and oxygen atoms in total. The van der Waals surface area contributed by atoms with Crippen LogP contribution in [-0.2, 0) is 22.5 Å². The highest BCUT2D eigenvalue weighted by Crippen LogP contribution is 2.29. The zero-order chi connectivity index (χ0) is 19.7. The van der Waals surface area contributed by atoms with Gasteiger partial charge in [-0.05, 0) is 13.8 Å². The fraction of sp³-hybridized carbons (Fsp3) is 0.368. The molecule has 1 aliphatic heterocycles. The lowest BCUT2D eigenvalue weighted by atomic mass is 10.2. The van der Waals surface area contributed by atoms with Crippen molar-refractivity contribution >= 4 is 28.3 Å². The van der Waals surface area contributed by atoms with Gasteiger partial charge < -0.3 is 15.0 Å². The van der Waals surface area contributed by atoms with E-state index in [9.17, 15) is 9.59 Å². The Labute approximate surface area is 166 Å². The van der Waals surface area contributed by atoms with Crippen molar-refractivity contribution in [3.8, 4) is 11.4 Å². The number of amides is 2. The third kappa shape index (κ3) is 3.45. The summed E-state index contributed by atoms with van der Waals surface area (Å²) in [5.41, 5.74) is 2.08. The third-order valence-electron chi connectivity index (χ3n) is 4.62. The summed E-state index contributed by atoms with van der Waals surface area (Å²) in [7, 11) is 0. The fourth-order valence-corrected chi connectivity index (χ4v) is 4.29. The van der Waals surface area contributed by atoms with E-state index in [1.807, 2.05) is 34.8 Å². The smallest absolute Gasteiger partial charge is 0.328 e. The molecule has 9 heteroatoms. The highest BCUT2D eigenvalue weighted by molar-refractivity contribution is 7.17. The predicted octanol–water partition coefficient (Wildman–Crippen LogP) is 2.48. The largest absolute Gasteiger partial charge is 0.464 e. The molecule has 4 rings (SSSR count). The van der Waals surface area contributed by atoms with E-state index in [4.69, 9.17) is 4.74 Å². The van der Waals surface area contributed by atoms with Crippen LogP contribution in [0.1, 0.15) is 24.4 Å². The monoisotopic (exact) mass is 399 g/mol. The summed E-state index contributed by atoms with van der Waals surface area (Å²) in [6.07, 6.45) is 0.689. The molecule has 28 heavy (non-hydrogen) atoms. The number of nitrogens with zero attached hydrogens (tertiary/aromatic N) is 4. The number of nitrogens with one attached hydrogen (secondary N) is 1. The minimum Gasteiger partial charge on any atom is -0.464 e. The molecule has 0 radical (unpaired) electrons. The van der Waals surface area contributed by atoms with Gasteiger partial charge in [-0.2, -0.15) is 4.98 Å². The van der Waals surface area contributed by atoms with Crippen LogP contribution < -0.4 is 5.32 Å². The second-order valence-electron chi connectivity index (χ2n) is 6.56. The Morgan fingerprint density at radius 3 is 2.86 bits per heavy atom. The summed E-state index contributed by atoms with van der Waals surface area (Å²) in [5.74, 6) is 0.277. The second-order valence-corrected chi connectivity index (χ2v) is 7.62. The first-order valence-corrected chi connectivity index (χ1v) is 10.0. The van der Waals surface area contributed by atoms with Gasteiger partial charge in [-0.15, -0.1) is 5.10 Å². The van der Waals surface area contributed by atoms with Crippen LogP contribution in [0.2, 0.25) is 0 Å². The van der Waals surface area contributed by atoms with E-state index in [1.165, 1.54) is 0 Å². The van der Waals surface area contributed by atoms with Crippen molar-refractivity contribution in [3.05, 3.63) is 40.9 Å². The molecule has 0 unspecified atom stereocenters. The van der Waals surface area contributed by atoms with Crippen LogP contribution in [0.4, 0.5) is 4.79 Å². The van der Waals surface area contributed by atoms with Gasteiger partial charge in [0.25, 0.3) is 0 Å².